The first-order valence-corrected chi connectivity index (χ1v) is 7.32. The minimum atomic E-state index is -0.329. The minimum absolute atomic E-state index is 0.329. The lowest BCUT2D eigenvalue weighted by Gasteiger charge is -2.19. The summed E-state index contributed by atoms with van der Waals surface area (Å²) in [5.74, 6) is 0.321. The van der Waals surface area contributed by atoms with Crippen LogP contribution in [0.15, 0.2) is 30.5 Å². The van der Waals surface area contributed by atoms with E-state index in [1.807, 2.05) is 11.9 Å². The first-order valence-electron chi connectivity index (χ1n) is 6.50. The van der Waals surface area contributed by atoms with Gasteiger partial charge in [-0.1, -0.05) is 0 Å². The predicted molar refractivity (Wildman–Crippen MR) is 81.4 cm³/mol. The second kappa shape index (κ2) is 6.52. The summed E-state index contributed by atoms with van der Waals surface area (Å²) in [5, 5.41) is 0. The number of ether oxygens (including phenoxy) is 1. The largest absolute Gasteiger partial charge is 0.462 e. The highest BCUT2D eigenvalue weighted by atomic mass is 32.1. The zero-order valence-corrected chi connectivity index (χ0v) is 12.7. The minimum Gasteiger partial charge on any atom is -0.462 e. The Labute approximate surface area is 123 Å². The van der Waals surface area contributed by atoms with Crippen LogP contribution in [0.2, 0.25) is 0 Å². The Bertz CT molecular complexity index is 595. The quantitative estimate of drug-likeness (QED) is 0.793. The van der Waals surface area contributed by atoms with Gasteiger partial charge in [0, 0.05) is 23.0 Å². The van der Waals surface area contributed by atoms with E-state index in [9.17, 15) is 4.79 Å². The summed E-state index contributed by atoms with van der Waals surface area (Å²) in [7, 11) is 1.93. The van der Waals surface area contributed by atoms with Crippen molar-refractivity contribution in [1.82, 2.24) is 4.98 Å². The number of esters is 1. The molecule has 0 saturated carbocycles. The van der Waals surface area contributed by atoms with Crippen molar-refractivity contribution in [3.8, 4) is 0 Å². The number of aryl methyl sites for hydroxylation is 1. The Kier molecular flexibility index (Phi) is 4.74. The third-order valence-electron chi connectivity index (χ3n) is 2.83. The molecular formula is C15H18N2O2S. The van der Waals surface area contributed by atoms with Gasteiger partial charge in [0.2, 0.25) is 0 Å². The topological polar surface area (TPSA) is 42.4 Å². The molecule has 0 N–H and O–H groups in total. The number of thiophene rings is 1. The Morgan fingerprint density at radius 1 is 1.40 bits per heavy atom. The normalized spacial score (nSPS) is 10.3. The average Bonchev–Trinajstić information content (AvgIpc) is 2.84. The molecule has 0 unspecified atom stereocenters. The number of rotatable bonds is 5. The van der Waals surface area contributed by atoms with Gasteiger partial charge in [-0.25, -0.2) is 9.78 Å². The lowest BCUT2D eigenvalue weighted by molar-refractivity contribution is 0.0526. The number of anilines is 1. The molecule has 0 spiro atoms. The molecule has 0 aliphatic rings. The molecule has 2 rings (SSSR count). The van der Waals surface area contributed by atoms with E-state index in [4.69, 9.17) is 4.74 Å². The molecule has 0 aliphatic carbocycles. The number of hydrogen-bond donors (Lipinski definition) is 0. The van der Waals surface area contributed by atoms with E-state index in [2.05, 4.69) is 24.0 Å². The summed E-state index contributed by atoms with van der Waals surface area (Å²) in [5.41, 5.74) is 0.505. The zero-order valence-electron chi connectivity index (χ0n) is 11.9. The fraction of sp³-hybridized carbons (Fsp3) is 0.333. The van der Waals surface area contributed by atoms with Crippen molar-refractivity contribution in [3.05, 3.63) is 45.8 Å². The number of aromatic nitrogens is 1. The molecule has 4 nitrogen and oxygen atoms in total. The number of pyridine rings is 1. The van der Waals surface area contributed by atoms with E-state index in [0.717, 1.165) is 6.54 Å². The van der Waals surface area contributed by atoms with Crippen LogP contribution in [0.25, 0.3) is 0 Å². The van der Waals surface area contributed by atoms with E-state index in [1.54, 1.807) is 36.6 Å². The third kappa shape index (κ3) is 3.36. The summed E-state index contributed by atoms with van der Waals surface area (Å²) in [4.78, 5) is 20.7. The summed E-state index contributed by atoms with van der Waals surface area (Å²) < 4.78 is 5.07. The lowest BCUT2D eigenvalue weighted by Crippen LogP contribution is -2.21. The SMILES string of the molecule is CCOC(=O)c1cccnc1N(C)Cc1ccc(C)s1. The second-order valence-corrected chi connectivity index (χ2v) is 5.84. The van der Waals surface area contributed by atoms with Crippen LogP contribution in [0, 0.1) is 6.92 Å². The fourth-order valence-corrected chi connectivity index (χ4v) is 2.89. The molecule has 2 heterocycles. The van der Waals surface area contributed by atoms with Crippen molar-refractivity contribution < 1.29 is 9.53 Å². The lowest BCUT2D eigenvalue weighted by atomic mass is 10.2. The van der Waals surface area contributed by atoms with Gasteiger partial charge in [-0.3, -0.25) is 0 Å². The van der Waals surface area contributed by atoms with Gasteiger partial charge < -0.3 is 9.64 Å². The number of carbonyl (C=O) groups excluding carboxylic acids is 1. The molecule has 0 saturated heterocycles. The van der Waals surface area contributed by atoms with E-state index >= 15 is 0 Å². The van der Waals surface area contributed by atoms with Gasteiger partial charge in [-0.2, -0.15) is 0 Å². The molecule has 2 aromatic rings. The molecule has 0 amide bonds. The molecule has 0 radical (unpaired) electrons. The maximum Gasteiger partial charge on any atom is 0.341 e. The summed E-state index contributed by atoms with van der Waals surface area (Å²) in [6.45, 7) is 4.97. The second-order valence-electron chi connectivity index (χ2n) is 4.46. The van der Waals surface area contributed by atoms with E-state index < -0.39 is 0 Å². The van der Waals surface area contributed by atoms with Crippen molar-refractivity contribution in [2.75, 3.05) is 18.6 Å². The van der Waals surface area contributed by atoms with Crippen LogP contribution in [0.4, 0.5) is 5.82 Å². The average molecular weight is 290 g/mol. The Morgan fingerprint density at radius 2 is 2.20 bits per heavy atom. The molecule has 0 aromatic carbocycles. The zero-order chi connectivity index (χ0) is 14.5. The molecule has 20 heavy (non-hydrogen) atoms. The van der Waals surface area contributed by atoms with Crippen LogP contribution < -0.4 is 4.90 Å². The summed E-state index contributed by atoms with van der Waals surface area (Å²) >= 11 is 1.75. The van der Waals surface area contributed by atoms with Crippen molar-refractivity contribution in [2.45, 2.75) is 20.4 Å². The van der Waals surface area contributed by atoms with Crippen LogP contribution in [0.5, 0.6) is 0 Å². The molecule has 2 aromatic heterocycles. The highest BCUT2D eigenvalue weighted by Gasteiger charge is 2.16. The predicted octanol–water partition coefficient (Wildman–Crippen LogP) is 3.26. The van der Waals surface area contributed by atoms with Crippen molar-refractivity contribution >= 4 is 23.1 Å². The first kappa shape index (κ1) is 14.5. The van der Waals surface area contributed by atoms with Crippen LogP contribution in [-0.2, 0) is 11.3 Å². The van der Waals surface area contributed by atoms with Crippen molar-refractivity contribution in [2.24, 2.45) is 0 Å². The maximum atomic E-state index is 11.9. The smallest absolute Gasteiger partial charge is 0.341 e. The van der Waals surface area contributed by atoms with E-state index in [1.165, 1.54) is 9.75 Å². The van der Waals surface area contributed by atoms with E-state index in [-0.39, 0.29) is 5.97 Å². The third-order valence-corrected chi connectivity index (χ3v) is 3.82. The molecule has 0 bridgehead atoms. The highest BCUT2D eigenvalue weighted by molar-refractivity contribution is 7.11. The van der Waals surface area contributed by atoms with Crippen LogP contribution in [-0.4, -0.2) is 24.6 Å². The molecule has 5 heteroatoms. The first-order chi connectivity index (χ1) is 9.61. The molecule has 0 aliphatic heterocycles. The Balaban J connectivity index is 2.21. The maximum absolute atomic E-state index is 11.9. The van der Waals surface area contributed by atoms with Crippen molar-refractivity contribution in [3.63, 3.8) is 0 Å². The van der Waals surface area contributed by atoms with Gasteiger partial charge in [0.05, 0.1) is 13.2 Å². The van der Waals surface area contributed by atoms with Crippen LogP contribution >= 0.6 is 11.3 Å². The monoisotopic (exact) mass is 290 g/mol. The van der Waals surface area contributed by atoms with Gasteiger partial charge in [0.15, 0.2) is 0 Å². The Hall–Kier alpha value is -1.88. The van der Waals surface area contributed by atoms with Crippen molar-refractivity contribution in [1.29, 1.82) is 0 Å². The molecule has 0 atom stereocenters. The molecule has 106 valence electrons. The van der Waals surface area contributed by atoms with E-state index in [0.29, 0.717) is 18.0 Å². The highest BCUT2D eigenvalue weighted by Crippen LogP contribution is 2.22. The Morgan fingerprint density at radius 3 is 2.85 bits per heavy atom. The summed E-state index contributed by atoms with van der Waals surface area (Å²) in [6, 6.07) is 7.69. The van der Waals surface area contributed by atoms with Gasteiger partial charge in [-0.15, -0.1) is 11.3 Å². The molecular weight excluding hydrogens is 272 g/mol. The number of nitrogens with zero attached hydrogens (tertiary/aromatic N) is 2. The van der Waals surface area contributed by atoms with Gasteiger partial charge in [0.25, 0.3) is 0 Å². The standard InChI is InChI=1S/C15H18N2O2S/c1-4-19-15(18)13-6-5-9-16-14(13)17(3)10-12-8-7-11(2)20-12/h5-9H,4,10H2,1-3H3. The van der Waals surface area contributed by atoms with Crippen LogP contribution in [0.3, 0.4) is 0 Å². The van der Waals surface area contributed by atoms with Gasteiger partial charge in [-0.05, 0) is 38.1 Å². The van der Waals surface area contributed by atoms with Gasteiger partial charge in [0.1, 0.15) is 11.4 Å². The van der Waals surface area contributed by atoms with Gasteiger partial charge >= 0.3 is 5.97 Å². The number of hydrogen-bond acceptors (Lipinski definition) is 5. The molecule has 0 fully saturated rings. The van der Waals surface area contributed by atoms with Crippen LogP contribution in [0.1, 0.15) is 27.0 Å². The number of carbonyl (C=O) groups is 1. The fourth-order valence-electron chi connectivity index (χ4n) is 1.95. The summed E-state index contributed by atoms with van der Waals surface area (Å²) in [6.07, 6.45) is 1.69.